The Morgan fingerprint density at radius 1 is 1.33 bits per heavy atom. The van der Waals surface area contributed by atoms with Crippen LogP contribution in [0.1, 0.15) is 19.3 Å². The van der Waals surface area contributed by atoms with Crippen LogP contribution in [0.5, 0.6) is 0 Å². The van der Waals surface area contributed by atoms with Crippen molar-refractivity contribution in [3.8, 4) is 0 Å². The average Bonchev–Trinajstić information content (AvgIpc) is 2.42. The fourth-order valence-corrected chi connectivity index (χ4v) is 2.84. The molecule has 9 heteroatoms. The van der Waals surface area contributed by atoms with Crippen LogP contribution in [0.3, 0.4) is 0 Å². The first-order valence-corrected chi connectivity index (χ1v) is 8.88. The largest absolute Gasteiger partial charge is 0.341 e. The van der Waals surface area contributed by atoms with E-state index in [0.29, 0.717) is 13.1 Å². The number of piperidine rings is 1. The summed E-state index contributed by atoms with van der Waals surface area (Å²) >= 11 is 0. The summed E-state index contributed by atoms with van der Waals surface area (Å²) in [6.45, 7) is 2.65. The highest BCUT2D eigenvalue weighted by atomic mass is 32.2. The number of amides is 3. The molecular weight excluding hydrogens is 296 g/mol. The first-order valence-electron chi connectivity index (χ1n) is 6.98. The summed E-state index contributed by atoms with van der Waals surface area (Å²) in [6, 6.07) is -0.506. The number of hydrogen-bond donors (Lipinski definition) is 3. The molecule has 1 unspecified atom stereocenters. The summed E-state index contributed by atoms with van der Waals surface area (Å²) in [5, 5.41) is 4.54. The molecule has 1 rings (SSSR count). The average molecular weight is 320 g/mol. The van der Waals surface area contributed by atoms with Gasteiger partial charge >= 0.3 is 6.03 Å². The Morgan fingerprint density at radius 3 is 2.67 bits per heavy atom. The van der Waals surface area contributed by atoms with Gasteiger partial charge in [0, 0.05) is 33.1 Å². The van der Waals surface area contributed by atoms with Crippen LogP contribution in [0, 0.1) is 5.92 Å². The zero-order valence-corrected chi connectivity index (χ0v) is 13.3. The molecule has 0 radical (unpaired) electrons. The van der Waals surface area contributed by atoms with Crippen molar-refractivity contribution in [2.24, 2.45) is 5.92 Å². The number of carbonyl (C=O) groups excluding carboxylic acids is 2. The number of nitrogens with zero attached hydrogens (tertiary/aromatic N) is 1. The van der Waals surface area contributed by atoms with E-state index in [0.717, 1.165) is 32.2 Å². The zero-order chi connectivity index (χ0) is 15.9. The fourth-order valence-electron chi connectivity index (χ4n) is 2.30. The molecule has 1 aliphatic heterocycles. The van der Waals surface area contributed by atoms with E-state index in [1.165, 1.54) is 7.05 Å². The van der Waals surface area contributed by atoms with Gasteiger partial charge in [-0.05, 0) is 25.3 Å². The van der Waals surface area contributed by atoms with Crippen LogP contribution < -0.4 is 15.4 Å². The van der Waals surface area contributed by atoms with E-state index in [9.17, 15) is 18.0 Å². The molecule has 122 valence electrons. The van der Waals surface area contributed by atoms with E-state index in [4.69, 9.17) is 0 Å². The number of likely N-dealkylation sites (tertiary alicyclic amines) is 1. The first-order chi connectivity index (χ1) is 9.80. The number of rotatable bonds is 6. The Morgan fingerprint density at radius 2 is 2.05 bits per heavy atom. The molecule has 0 spiro atoms. The van der Waals surface area contributed by atoms with E-state index in [1.54, 1.807) is 0 Å². The quantitative estimate of drug-likeness (QED) is 0.587. The number of carbonyl (C=O) groups is 2. The number of nitrogens with one attached hydrogen (secondary N) is 3. The minimum Gasteiger partial charge on any atom is -0.341 e. The number of urea groups is 1. The smallest absolute Gasteiger partial charge is 0.321 e. The van der Waals surface area contributed by atoms with Crippen LogP contribution in [0.4, 0.5) is 4.79 Å². The molecule has 8 nitrogen and oxygen atoms in total. The van der Waals surface area contributed by atoms with Gasteiger partial charge in [-0.2, -0.15) is 0 Å². The molecule has 0 bridgehead atoms. The lowest BCUT2D eigenvalue weighted by atomic mass is 9.98. The van der Waals surface area contributed by atoms with E-state index in [1.807, 2.05) is 0 Å². The SMILES string of the molecule is CNC(=O)NC(=O)CCN1CCCC(CNS(C)(=O)=O)C1. The molecule has 0 saturated carbocycles. The Labute approximate surface area is 125 Å². The van der Waals surface area contributed by atoms with Crippen LogP contribution in [0.15, 0.2) is 0 Å². The van der Waals surface area contributed by atoms with E-state index in [-0.39, 0.29) is 18.2 Å². The van der Waals surface area contributed by atoms with Crippen LogP contribution in [-0.4, -0.2) is 64.7 Å². The van der Waals surface area contributed by atoms with Crippen molar-refractivity contribution < 1.29 is 18.0 Å². The molecular formula is C12H24N4O4S. The zero-order valence-electron chi connectivity index (χ0n) is 12.5. The van der Waals surface area contributed by atoms with E-state index < -0.39 is 16.1 Å². The summed E-state index contributed by atoms with van der Waals surface area (Å²) in [5.74, 6) is -0.0544. The second kappa shape index (κ2) is 8.30. The van der Waals surface area contributed by atoms with Gasteiger partial charge in [0.05, 0.1) is 6.26 Å². The first kappa shape index (κ1) is 17.9. The summed E-state index contributed by atoms with van der Waals surface area (Å²) in [7, 11) is -1.71. The van der Waals surface area contributed by atoms with Crippen LogP contribution >= 0.6 is 0 Å². The summed E-state index contributed by atoms with van der Waals surface area (Å²) < 4.78 is 24.7. The maximum atomic E-state index is 11.5. The molecule has 1 saturated heterocycles. The Bertz CT molecular complexity index is 466. The third-order valence-electron chi connectivity index (χ3n) is 3.37. The van der Waals surface area contributed by atoms with Gasteiger partial charge in [0.1, 0.15) is 0 Å². The molecule has 3 amide bonds. The molecule has 0 aliphatic carbocycles. The molecule has 0 aromatic carbocycles. The van der Waals surface area contributed by atoms with Gasteiger partial charge in [-0.3, -0.25) is 10.1 Å². The maximum absolute atomic E-state index is 11.5. The van der Waals surface area contributed by atoms with Crippen molar-refractivity contribution in [3.05, 3.63) is 0 Å². The van der Waals surface area contributed by atoms with Crippen molar-refractivity contribution in [2.45, 2.75) is 19.3 Å². The third-order valence-corrected chi connectivity index (χ3v) is 4.06. The van der Waals surface area contributed by atoms with Gasteiger partial charge in [-0.25, -0.2) is 17.9 Å². The summed E-state index contributed by atoms with van der Waals surface area (Å²) in [4.78, 5) is 24.6. The van der Waals surface area contributed by atoms with Crippen molar-refractivity contribution in [1.29, 1.82) is 0 Å². The van der Waals surface area contributed by atoms with Crippen LogP contribution in [0.2, 0.25) is 0 Å². The van der Waals surface area contributed by atoms with Crippen molar-refractivity contribution in [1.82, 2.24) is 20.3 Å². The molecule has 3 N–H and O–H groups in total. The minimum absolute atomic E-state index is 0.250. The van der Waals surface area contributed by atoms with Gasteiger partial charge in [0.2, 0.25) is 15.9 Å². The molecule has 0 aromatic heterocycles. The summed E-state index contributed by atoms with van der Waals surface area (Å²) in [5.41, 5.74) is 0. The lowest BCUT2D eigenvalue weighted by Gasteiger charge is -2.32. The third kappa shape index (κ3) is 7.98. The second-order valence-corrected chi connectivity index (χ2v) is 7.14. The highest BCUT2D eigenvalue weighted by Gasteiger charge is 2.21. The van der Waals surface area contributed by atoms with Gasteiger partial charge in [0.15, 0.2) is 0 Å². The molecule has 1 fully saturated rings. The normalized spacial score (nSPS) is 20.0. The Kier molecular flexibility index (Phi) is 7.06. The van der Waals surface area contributed by atoms with Gasteiger partial charge in [-0.1, -0.05) is 0 Å². The number of imide groups is 1. The highest BCUT2D eigenvalue weighted by Crippen LogP contribution is 2.16. The maximum Gasteiger partial charge on any atom is 0.321 e. The molecule has 1 aliphatic rings. The number of hydrogen-bond acceptors (Lipinski definition) is 5. The predicted octanol–water partition coefficient (Wildman–Crippen LogP) is -0.907. The van der Waals surface area contributed by atoms with Gasteiger partial charge < -0.3 is 10.2 Å². The topological polar surface area (TPSA) is 108 Å². The predicted molar refractivity (Wildman–Crippen MR) is 79.2 cm³/mol. The highest BCUT2D eigenvalue weighted by molar-refractivity contribution is 7.88. The lowest BCUT2D eigenvalue weighted by Crippen LogP contribution is -2.43. The molecule has 0 aromatic rings. The monoisotopic (exact) mass is 320 g/mol. The van der Waals surface area contributed by atoms with Gasteiger partial charge in [-0.15, -0.1) is 0 Å². The fraction of sp³-hybridized carbons (Fsp3) is 0.833. The molecule has 21 heavy (non-hydrogen) atoms. The van der Waals surface area contributed by atoms with E-state index >= 15 is 0 Å². The standard InChI is InChI=1S/C12H24N4O4S/c1-13-12(18)15-11(17)5-7-16-6-3-4-10(9-16)8-14-21(2,19)20/h10,14H,3-9H2,1-2H3,(H2,13,15,17,18). The summed E-state index contributed by atoms with van der Waals surface area (Å²) in [6.07, 6.45) is 3.35. The minimum atomic E-state index is -3.16. The van der Waals surface area contributed by atoms with Crippen LogP contribution in [-0.2, 0) is 14.8 Å². The Balaban J connectivity index is 2.29. The van der Waals surface area contributed by atoms with Crippen molar-refractivity contribution >= 4 is 22.0 Å². The van der Waals surface area contributed by atoms with Gasteiger partial charge in [0.25, 0.3) is 0 Å². The molecule has 1 atom stereocenters. The molecule has 1 heterocycles. The van der Waals surface area contributed by atoms with Crippen molar-refractivity contribution in [3.63, 3.8) is 0 Å². The van der Waals surface area contributed by atoms with Crippen LogP contribution in [0.25, 0.3) is 0 Å². The number of sulfonamides is 1. The second-order valence-electron chi connectivity index (χ2n) is 5.31. The van der Waals surface area contributed by atoms with Crippen molar-refractivity contribution in [2.75, 3.05) is 39.5 Å². The lowest BCUT2D eigenvalue weighted by molar-refractivity contribution is -0.120. The van der Waals surface area contributed by atoms with E-state index in [2.05, 4.69) is 20.3 Å². The Hall–Kier alpha value is -1.19.